The fourth-order valence-electron chi connectivity index (χ4n) is 2.70. The number of hydrogen-bond donors (Lipinski definition) is 1. The Morgan fingerprint density at radius 3 is 2.63 bits per heavy atom. The van der Waals surface area contributed by atoms with Gasteiger partial charge in [-0.1, -0.05) is 32.0 Å². The summed E-state index contributed by atoms with van der Waals surface area (Å²) >= 11 is 0. The summed E-state index contributed by atoms with van der Waals surface area (Å²) in [6, 6.07) is 15.2. The van der Waals surface area contributed by atoms with E-state index < -0.39 is 0 Å². The highest BCUT2D eigenvalue weighted by molar-refractivity contribution is 5.92. The van der Waals surface area contributed by atoms with Crippen LogP contribution in [0.15, 0.2) is 48.5 Å². The van der Waals surface area contributed by atoms with Gasteiger partial charge in [0.25, 0.3) is 0 Å². The van der Waals surface area contributed by atoms with Gasteiger partial charge in [0.15, 0.2) is 5.82 Å². The van der Waals surface area contributed by atoms with Gasteiger partial charge in [-0.25, -0.2) is 4.68 Å². The van der Waals surface area contributed by atoms with Crippen molar-refractivity contribution >= 4 is 11.6 Å². The summed E-state index contributed by atoms with van der Waals surface area (Å²) in [5.74, 6) is 1.13. The molecule has 2 aromatic carbocycles. The standard InChI is InChI=1S/C22H26N4O4/c1-15(2)21(27)23-17-8-6-9-18(14-17)26-20(16-7-5-10-19(13-16)29-4)24-22(25-26)30-12-11-28-3/h5-10,13-15H,11-12H2,1-4H3,(H,23,27). The smallest absolute Gasteiger partial charge is 0.336 e. The van der Waals surface area contributed by atoms with Crippen LogP contribution in [-0.4, -0.2) is 48.1 Å². The van der Waals surface area contributed by atoms with E-state index in [4.69, 9.17) is 14.2 Å². The molecule has 1 amide bonds. The Morgan fingerprint density at radius 2 is 1.90 bits per heavy atom. The molecule has 8 heteroatoms. The monoisotopic (exact) mass is 410 g/mol. The lowest BCUT2D eigenvalue weighted by atomic mass is 10.2. The van der Waals surface area contributed by atoms with Crippen molar-refractivity contribution in [3.05, 3.63) is 48.5 Å². The molecule has 158 valence electrons. The van der Waals surface area contributed by atoms with E-state index in [1.807, 2.05) is 62.4 Å². The van der Waals surface area contributed by atoms with E-state index in [0.29, 0.717) is 30.5 Å². The van der Waals surface area contributed by atoms with Crippen LogP contribution in [0.5, 0.6) is 11.8 Å². The number of hydrogen-bond acceptors (Lipinski definition) is 6. The Labute approximate surface area is 175 Å². The summed E-state index contributed by atoms with van der Waals surface area (Å²) < 4.78 is 17.7. The van der Waals surface area contributed by atoms with Gasteiger partial charge in [0.1, 0.15) is 12.4 Å². The van der Waals surface area contributed by atoms with Crippen molar-refractivity contribution in [1.82, 2.24) is 14.8 Å². The van der Waals surface area contributed by atoms with Crippen LogP contribution in [0, 0.1) is 5.92 Å². The highest BCUT2D eigenvalue weighted by atomic mass is 16.5. The molecule has 1 N–H and O–H groups in total. The van der Waals surface area contributed by atoms with Crippen LogP contribution in [-0.2, 0) is 9.53 Å². The van der Waals surface area contributed by atoms with Crippen LogP contribution in [0.2, 0.25) is 0 Å². The second kappa shape index (κ2) is 9.89. The number of methoxy groups -OCH3 is 2. The summed E-state index contributed by atoms with van der Waals surface area (Å²) in [6.45, 7) is 4.46. The molecule has 30 heavy (non-hydrogen) atoms. The third kappa shape index (κ3) is 5.15. The molecule has 3 rings (SSSR count). The minimum absolute atomic E-state index is 0.0534. The second-order valence-electron chi connectivity index (χ2n) is 6.90. The topological polar surface area (TPSA) is 87.5 Å². The number of carbonyl (C=O) groups excluding carboxylic acids is 1. The molecule has 0 aliphatic carbocycles. The number of amides is 1. The zero-order valence-corrected chi connectivity index (χ0v) is 17.6. The molecule has 0 unspecified atom stereocenters. The molecule has 0 spiro atoms. The van der Waals surface area contributed by atoms with Crippen molar-refractivity contribution in [2.75, 3.05) is 32.8 Å². The van der Waals surface area contributed by atoms with Gasteiger partial charge in [0.2, 0.25) is 5.91 Å². The van der Waals surface area contributed by atoms with Crippen LogP contribution in [0.25, 0.3) is 17.1 Å². The highest BCUT2D eigenvalue weighted by Gasteiger charge is 2.16. The van der Waals surface area contributed by atoms with E-state index >= 15 is 0 Å². The third-order valence-electron chi connectivity index (χ3n) is 4.32. The van der Waals surface area contributed by atoms with Gasteiger partial charge in [-0.05, 0) is 30.3 Å². The average Bonchev–Trinajstić information content (AvgIpc) is 3.18. The Morgan fingerprint density at radius 1 is 1.10 bits per heavy atom. The quantitative estimate of drug-likeness (QED) is 0.543. The molecular weight excluding hydrogens is 384 g/mol. The zero-order valence-electron chi connectivity index (χ0n) is 17.6. The molecule has 0 saturated heterocycles. The molecule has 1 heterocycles. The lowest BCUT2D eigenvalue weighted by molar-refractivity contribution is -0.118. The highest BCUT2D eigenvalue weighted by Crippen LogP contribution is 2.27. The molecule has 8 nitrogen and oxygen atoms in total. The molecule has 0 atom stereocenters. The Kier molecular flexibility index (Phi) is 7.03. The first-order chi connectivity index (χ1) is 14.5. The molecule has 0 saturated carbocycles. The Balaban J connectivity index is 2.00. The van der Waals surface area contributed by atoms with Crippen molar-refractivity contribution in [2.45, 2.75) is 13.8 Å². The minimum Gasteiger partial charge on any atom is -0.497 e. The van der Waals surface area contributed by atoms with Crippen molar-refractivity contribution < 1.29 is 19.0 Å². The van der Waals surface area contributed by atoms with E-state index in [0.717, 1.165) is 11.3 Å². The fourth-order valence-corrected chi connectivity index (χ4v) is 2.70. The van der Waals surface area contributed by atoms with Gasteiger partial charge in [-0.3, -0.25) is 4.79 Å². The maximum atomic E-state index is 12.1. The number of aromatic nitrogens is 3. The number of rotatable bonds is 9. The Hall–Kier alpha value is -3.39. The van der Waals surface area contributed by atoms with Gasteiger partial charge in [0.05, 0.1) is 19.4 Å². The predicted molar refractivity (Wildman–Crippen MR) is 114 cm³/mol. The van der Waals surface area contributed by atoms with Gasteiger partial charge < -0.3 is 19.5 Å². The van der Waals surface area contributed by atoms with Gasteiger partial charge in [-0.15, -0.1) is 5.10 Å². The van der Waals surface area contributed by atoms with Crippen LogP contribution >= 0.6 is 0 Å². The summed E-state index contributed by atoms with van der Waals surface area (Å²) in [4.78, 5) is 16.6. The minimum atomic E-state index is -0.117. The van der Waals surface area contributed by atoms with E-state index in [9.17, 15) is 4.79 Å². The van der Waals surface area contributed by atoms with Crippen LogP contribution in [0.1, 0.15) is 13.8 Å². The number of carbonyl (C=O) groups is 1. The van der Waals surface area contributed by atoms with Crippen molar-refractivity contribution in [3.8, 4) is 28.8 Å². The fraction of sp³-hybridized carbons (Fsp3) is 0.318. The molecule has 1 aromatic heterocycles. The predicted octanol–water partition coefficient (Wildman–Crippen LogP) is 3.56. The molecule has 0 bridgehead atoms. The first kappa shape index (κ1) is 21.3. The lowest BCUT2D eigenvalue weighted by Gasteiger charge is -2.11. The van der Waals surface area contributed by atoms with Crippen molar-refractivity contribution in [1.29, 1.82) is 0 Å². The number of ether oxygens (including phenoxy) is 3. The molecular formula is C22H26N4O4. The third-order valence-corrected chi connectivity index (χ3v) is 4.32. The summed E-state index contributed by atoms with van der Waals surface area (Å²) in [6.07, 6.45) is 0. The van der Waals surface area contributed by atoms with Crippen molar-refractivity contribution in [2.24, 2.45) is 5.92 Å². The lowest BCUT2D eigenvalue weighted by Crippen LogP contribution is -2.17. The van der Waals surface area contributed by atoms with E-state index in [2.05, 4.69) is 15.4 Å². The Bertz CT molecular complexity index is 1000. The number of benzene rings is 2. The molecule has 0 aliphatic heterocycles. The van der Waals surface area contributed by atoms with Crippen LogP contribution < -0.4 is 14.8 Å². The molecule has 0 fully saturated rings. The molecule has 0 radical (unpaired) electrons. The summed E-state index contributed by atoms with van der Waals surface area (Å²) in [5.41, 5.74) is 2.24. The van der Waals surface area contributed by atoms with E-state index in [1.54, 1.807) is 18.9 Å². The van der Waals surface area contributed by atoms with Crippen LogP contribution in [0.4, 0.5) is 5.69 Å². The number of nitrogens with zero attached hydrogens (tertiary/aromatic N) is 3. The van der Waals surface area contributed by atoms with Gasteiger partial charge in [0, 0.05) is 24.3 Å². The summed E-state index contributed by atoms with van der Waals surface area (Å²) in [5, 5.41) is 7.42. The second-order valence-corrected chi connectivity index (χ2v) is 6.90. The van der Waals surface area contributed by atoms with Crippen LogP contribution in [0.3, 0.4) is 0 Å². The van der Waals surface area contributed by atoms with Crippen molar-refractivity contribution in [3.63, 3.8) is 0 Å². The maximum Gasteiger partial charge on any atom is 0.336 e. The summed E-state index contributed by atoms with van der Waals surface area (Å²) in [7, 11) is 3.22. The first-order valence-corrected chi connectivity index (χ1v) is 9.66. The number of anilines is 1. The SMILES string of the molecule is COCCOc1nc(-c2cccc(OC)c2)n(-c2cccc(NC(=O)C(C)C)c2)n1. The molecule has 0 aliphatic rings. The molecule has 3 aromatic rings. The van der Waals surface area contributed by atoms with Gasteiger partial charge >= 0.3 is 6.01 Å². The normalized spacial score (nSPS) is 10.8. The largest absolute Gasteiger partial charge is 0.497 e. The maximum absolute atomic E-state index is 12.1. The van der Waals surface area contributed by atoms with E-state index in [-0.39, 0.29) is 17.8 Å². The van der Waals surface area contributed by atoms with Gasteiger partial charge in [-0.2, -0.15) is 4.98 Å². The first-order valence-electron chi connectivity index (χ1n) is 9.66. The van der Waals surface area contributed by atoms with E-state index in [1.165, 1.54) is 0 Å². The average molecular weight is 410 g/mol. The number of nitrogens with one attached hydrogen (secondary N) is 1. The zero-order chi connectivity index (χ0) is 21.5.